The molecule has 1 aliphatic rings. The summed E-state index contributed by atoms with van der Waals surface area (Å²) in [6.07, 6.45) is 2.93. The largest absolute Gasteiger partial charge is 0.497 e. The predicted octanol–water partition coefficient (Wildman–Crippen LogP) is 5.01. The minimum absolute atomic E-state index is 0.0595. The number of amidine groups is 1. The van der Waals surface area contributed by atoms with Crippen LogP contribution >= 0.6 is 11.8 Å². The number of methoxy groups -OCH3 is 2. The van der Waals surface area contributed by atoms with Gasteiger partial charge in [-0.2, -0.15) is 8.78 Å². The van der Waals surface area contributed by atoms with Gasteiger partial charge in [0.2, 0.25) is 5.91 Å². The molecular formula is C25H21F2N3O6S. The topological polar surface area (TPSA) is 103 Å². The summed E-state index contributed by atoms with van der Waals surface area (Å²) in [7, 11) is 2.99. The van der Waals surface area contributed by atoms with E-state index in [1.165, 1.54) is 55.7 Å². The van der Waals surface area contributed by atoms with Crippen molar-refractivity contribution in [2.24, 2.45) is 4.99 Å². The van der Waals surface area contributed by atoms with Crippen molar-refractivity contribution in [1.29, 1.82) is 0 Å². The van der Waals surface area contributed by atoms with Gasteiger partial charge in [0.25, 0.3) is 5.91 Å². The van der Waals surface area contributed by atoms with E-state index in [9.17, 15) is 18.4 Å². The lowest BCUT2D eigenvalue weighted by molar-refractivity contribution is -0.114. The van der Waals surface area contributed by atoms with E-state index in [0.717, 1.165) is 11.8 Å². The lowest BCUT2D eigenvalue weighted by atomic mass is 10.2. The van der Waals surface area contributed by atoms with Gasteiger partial charge < -0.3 is 23.9 Å². The number of thioether (sulfide) groups is 1. The van der Waals surface area contributed by atoms with Crippen LogP contribution in [0.4, 0.5) is 20.2 Å². The number of alkyl halides is 2. The molecule has 0 spiro atoms. The van der Waals surface area contributed by atoms with Crippen LogP contribution in [-0.4, -0.2) is 43.6 Å². The van der Waals surface area contributed by atoms with E-state index in [-0.39, 0.29) is 28.3 Å². The Hall–Kier alpha value is -4.32. The molecule has 1 N–H and O–H groups in total. The van der Waals surface area contributed by atoms with Crippen LogP contribution in [0.15, 0.2) is 76.0 Å². The highest BCUT2D eigenvalue weighted by Crippen LogP contribution is 2.32. The Morgan fingerprint density at radius 3 is 2.54 bits per heavy atom. The van der Waals surface area contributed by atoms with Crippen LogP contribution < -0.4 is 24.4 Å². The number of carbonyl (C=O) groups is 2. The number of ether oxygens (including phenoxy) is 3. The van der Waals surface area contributed by atoms with E-state index < -0.39 is 12.5 Å². The van der Waals surface area contributed by atoms with E-state index in [1.54, 1.807) is 30.3 Å². The molecule has 1 aromatic heterocycles. The minimum atomic E-state index is -2.97. The first kappa shape index (κ1) is 25.8. The number of aliphatic imine (C=N–C) groups is 1. The van der Waals surface area contributed by atoms with Gasteiger partial charge in [0, 0.05) is 12.1 Å². The number of benzene rings is 2. The quantitative estimate of drug-likeness (QED) is 0.389. The fourth-order valence-electron chi connectivity index (χ4n) is 3.32. The van der Waals surface area contributed by atoms with Gasteiger partial charge in [0.15, 0.2) is 5.17 Å². The number of hydrogen-bond donors (Lipinski definition) is 1. The first-order chi connectivity index (χ1) is 17.9. The average molecular weight is 530 g/mol. The molecule has 9 nitrogen and oxygen atoms in total. The second-order valence-corrected chi connectivity index (χ2v) is 8.30. The molecule has 0 atom stereocenters. The van der Waals surface area contributed by atoms with E-state index in [0.29, 0.717) is 28.6 Å². The van der Waals surface area contributed by atoms with Gasteiger partial charge in [0.05, 0.1) is 37.6 Å². The molecule has 0 bridgehead atoms. The van der Waals surface area contributed by atoms with Crippen molar-refractivity contribution in [2.45, 2.75) is 6.61 Å². The summed E-state index contributed by atoms with van der Waals surface area (Å²) in [6, 6.07) is 13.8. The van der Waals surface area contributed by atoms with Gasteiger partial charge in [-0.05, 0) is 48.5 Å². The minimum Gasteiger partial charge on any atom is -0.497 e. The maximum atomic E-state index is 13.2. The van der Waals surface area contributed by atoms with Crippen molar-refractivity contribution in [1.82, 2.24) is 0 Å². The molecule has 0 unspecified atom stereocenters. The van der Waals surface area contributed by atoms with E-state index in [1.807, 2.05) is 0 Å². The zero-order valence-electron chi connectivity index (χ0n) is 19.6. The Morgan fingerprint density at radius 1 is 1.14 bits per heavy atom. The number of hydrogen-bond acceptors (Lipinski definition) is 8. The number of nitrogens with zero attached hydrogens (tertiary/aromatic N) is 2. The molecule has 37 heavy (non-hydrogen) atoms. The fraction of sp³-hybridized carbons (Fsp3) is 0.160. The third-order valence-corrected chi connectivity index (χ3v) is 5.93. The van der Waals surface area contributed by atoms with Crippen LogP contribution in [0, 0.1) is 0 Å². The molecule has 0 saturated heterocycles. The second kappa shape index (κ2) is 11.6. The Morgan fingerprint density at radius 2 is 1.89 bits per heavy atom. The van der Waals surface area contributed by atoms with Gasteiger partial charge in [-0.1, -0.05) is 11.8 Å². The number of nitrogens with one attached hydrogen (secondary N) is 1. The molecule has 12 heteroatoms. The van der Waals surface area contributed by atoms with E-state index >= 15 is 0 Å². The van der Waals surface area contributed by atoms with Gasteiger partial charge in [-0.3, -0.25) is 14.5 Å². The molecule has 0 fully saturated rings. The molecule has 4 rings (SSSR count). The molecule has 2 heterocycles. The molecular weight excluding hydrogens is 508 g/mol. The monoisotopic (exact) mass is 529 g/mol. The van der Waals surface area contributed by atoms with Crippen molar-refractivity contribution >= 4 is 46.2 Å². The average Bonchev–Trinajstić information content (AvgIpc) is 3.51. The number of carbonyl (C=O) groups excluding carboxylic acids is 2. The van der Waals surface area contributed by atoms with Crippen molar-refractivity contribution < 1.29 is 37.0 Å². The highest BCUT2D eigenvalue weighted by Gasteiger charge is 2.32. The summed E-state index contributed by atoms with van der Waals surface area (Å²) in [6.45, 7) is -2.97. The number of anilines is 2. The van der Waals surface area contributed by atoms with Gasteiger partial charge >= 0.3 is 6.61 Å². The highest BCUT2D eigenvalue weighted by atomic mass is 32.2. The van der Waals surface area contributed by atoms with Crippen molar-refractivity contribution in [3.63, 3.8) is 0 Å². The third-order valence-electron chi connectivity index (χ3n) is 4.99. The highest BCUT2D eigenvalue weighted by molar-refractivity contribution is 8.14. The standard InChI is InChI=1S/C25H21F2N3O6S/c1-33-17-9-10-19(21(13-17)34-2)28-22(31)14-37-25-29-20(12-18-4-3-11-35-18)23(32)30(25)15-5-7-16(8-6-15)36-24(26)27/h3-13,24H,14H2,1-2H3,(H,28,31). The summed E-state index contributed by atoms with van der Waals surface area (Å²) in [5.41, 5.74) is 0.892. The second-order valence-electron chi connectivity index (χ2n) is 7.36. The van der Waals surface area contributed by atoms with Gasteiger partial charge in [0.1, 0.15) is 28.7 Å². The third kappa shape index (κ3) is 6.28. The molecule has 1 aliphatic heterocycles. The maximum Gasteiger partial charge on any atom is 0.387 e. The van der Waals surface area contributed by atoms with Crippen molar-refractivity contribution in [3.05, 3.63) is 72.3 Å². The maximum absolute atomic E-state index is 13.2. The molecule has 192 valence electrons. The first-order valence-corrected chi connectivity index (χ1v) is 11.7. The number of halogens is 2. The first-order valence-electron chi connectivity index (χ1n) is 10.8. The van der Waals surface area contributed by atoms with Crippen molar-refractivity contribution in [2.75, 3.05) is 30.2 Å². The smallest absolute Gasteiger partial charge is 0.387 e. The van der Waals surface area contributed by atoms with Gasteiger partial charge in [-0.25, -0.2) is 4.99 Å². The van der Waals surface area contributed by atoms with Crippen LogP contribution in [0.2, 0.25) is 0 Å². The van der Waals surface area contributed by atoms with E-state index in [4.69, 9.17) is 13.9 Å². The Labute approximate surface area is 214 Å². The zero-order chi connectivity index (χ0) is 26.4. The van der Waals surface area contributed by atoms with Crippen LogP contribution in [0.3, 0.4) is 0 Å². The van der Waals surface area contributed by atoms with Gasteiger partial charge in [-0.15, -0.1) is 0 Å². The summed E-state index contributed by atoms with van der Waals surface area (Å²) >= 11 is 1.03. The Kier molecular flexibility index (Phi) is 8.08. The lowest BCUT2D eigenvalue weighted by Crippen LogP contribution is -2.31. The molecule has 0 saturated carbocycles. The SMILES string of the molecule is COc1ccc(NC(=O)CSC2=NC(=Cc3ccco3)C(=O)N2c2ccc(OC(F)F)cc2)c(OC)c1. The molecule has 2 aromatic carbocycles. The van der Waals surface area contributed by atoms with Crippen LogP contribution in [-0.2, 0) is 9.59 Å². The summed E-state index contributed by atoms with van der Waals surface area (Å²) < 4.78 is 45.2. The van der Waals surface area contributed by atoms with Crippen LogP contribution in [0.1, 0.15) is 5.76 Å². The number of amides is 2. The summed E-state index contributed by atoms with van der Waals surface area (Å²) in [5.74, 6) is 0.422. The number of furan rings is 1. The summed E-state index contributed by atoms with van der Waals surface area (Å²) in [4.78, 5) is 31.6. The molecule has 3 aromatic rings. The number of rotatable bonds is 9. The van der Waals surface area contributed by atoms with Crippen LogP contribution in [0.5, 0.6) is 17.2 Å². The zero-order valence-corrected chi connectivity index (χ0v) is 20.5. The van der Waals surface area contributed by atoms with E-state index in [2.05, 4.69) is 15.0 Å². The van der Waals surface area contributed by atoms with Crippen LogP contribution in [0.25, 0.3) is 6.08 Å². The molecule has 0 radical (unpaired) electrons. The Balaban J connectivity index is 1.53. The van der Waals surface area contributed by atoms with Crippen molar-refractivity contribution in [3.8, 4) is 17.2 Å². The lowest BCUT2D eigenvalue weighted by Gasteiger charge is -2.18. The summed E-state index contributed by atoms with van der Waals surface area (Å²) in [5, 5.41) is 2.98. The Bertz CT molecular complexity index is 1330. The molecule has 0 aliphatic carbocycles. The normalized spacial score (nSPS) is 14.2. The molecule has 2 amide bonds. The fourth-order valence-corrected chi connectivity index (χ4v) is 4.14. The predicted molar refractivity (Wildman–Crippen MR) is 135 cm³/mol.